The molecule has 0 spiro atoms. The van der Waals surface area contributed by atoms with E-state index in [2.05, 4.69) is 22.3 Å². The van der Waals surface area contributed by atoms with Gasteiger partial charge in [0.15, 0.2) is 0 Å². The summed E-state index contributed by atoms with van der Waals surface area (Å²) < 4.78 is 10.5. The van der Waals surface area contributed by atoms with Crippen molar-refractivity contribution in [2.75, 3.05) is 39.2 Å². The zero-order valence-corrected chi connectivity index (χ0v) is 15.1. The Balaban J connectivity index is 1.62. The maximum Gasteiger partial charge on any atom is 0.238 e. The lowest BCUT2D eigenvalue weighted by molar-refractivity contribution is -0.117. The Hall–Kier alpha value is -2.57. The summed E-state index contributed by atoms with van der Waals surface area (Å²) in [6.07, 6.45) is 0. The van der Waals surface area contributed by atoms with E-state index < -0.39 is 0 Å². The number of carbonyl (C=O) groups excluding carboxylic acids is 1. The highest BCUT2D eigenvalue weighted by molar-refractivity contribution is 5.94. The maximum absolute atomic E-state index is 12.5. The summed E-state index contributed by atoms with van der Waals surface area (Å²) in [5.41, 5.74) is 8.12. The smallest absolute Gasteiger partial charge is 0.238 e. The highest BCUT2D eigenvalue weighted by Crippen LogP contribution is 2.29. The molecule has 1 saturated heterocycles. The molecule has 0 saturated carbocycles. The molecule has 0 unspecified atom stereocenters. The van der Waals surface area contributed by atoms with Crippen molar-refractivity contribution < 1.29 is 14.3 Å². The minimum Gasteiger partial charge on any atom is -0.497 e. The molecule has 1 amide bonds. The van der Waals surface area contributed by atoms with E-state index in [1.165, 1.54) is 5.56 Å². The number of nitrogens with two attached hydrogens (primary N) is 1. The van der Waals surface area contributed by atoms with E-state index in [9.17, 15) is 4.79 Å². The molecule has 2 aromatic carbocycles. The molecule has 1 aliphatic heterocycles. The topological polar surface area (TPSA) is 76.8 Å². The molecule has 0 bridgehead atoms. The Morgan fingerprint density at radius 3 is 2.62 bits per heavy atom. The Bertz CT molecular complexity index is 751. The van der Waals surface area contributed by atoms with Gasteiger partial charge in [0.2, 0.25) is 5.91 Å². The van der Waals surface area contributed by atoms with Gasteiger partial charge in [0.05, 0.1) is 26.5 Å². The van der Waals surface area contributed by atoms with Crippen LogP contribution in [-0.2, 0) is 4.79 Å². The van der Waals surface area contributed by atoms with Gasteiger partial charge in [0.25, 0.3) is 0 Å². The number of amides is 1. The molecule has 26 heavy (non-hydrogen) atoms. The van der Waals surface area contributed by atoms with Gasteiger partial charge in [0, 0.05) is 31.1 Å². The third-order valence-corrected chi connectivity index (χ3v) is 4.72. The van der Waals surface area contributed by atoms with E-state index >= 15 is 0 Å². The molecular formula is C20H25N3O3. The van der Waals surface area contributed by atoms with Crippen molar-refractivity contribution >= 4 is 11.6 Å². The van der Waals surface area contributed by atoms with Crippen molar-refractivity contribution in [1.82, 2.24) is 4.90 Å². The fourth-order valence-corrected chi connectivity index (χ4v) is 3.40. The first-order chi connectivity index (χ1) is 12.6. The second kappa shape index (κ2) is 8.21. The van der Waals surface area contributed by atoms with Crippen LogP contribution in [0.4, 0.5) is 5.69 Å². The van der Waals surface area contributed by atoms with Crippen LogP contribution in [0.15, 0.2) is 48.5 Å². The molecule has 0 aliphatic carbocycles. The van der Waals surface area contributed by atoms with Crippen LogP contribution in [0.5, 0.6) is 11.5 Å². The molecule has 6 heteroatoms. The highest BCUT2D eigenvalue weighted by atomic mass is 16.5. The predicted octanol–water partition coefficient (Wildman–Crippen LogP) is 2.07. The summed E-state index contributed by atoms with van der Waals surface area (Å²) in [6, 6.07) is 15.6. The van der Waals surface area contributed by atoms with Crippen molar-refractivity contribution in [2.45, 2.75) is 12.0 Å². The largest absolute Gasteiger partial charge is 0.497 e. The molecule has 0 radical (unpaired) electrons. The van der Waals surface area contributed by atoms with Crippen LogP contribution in [0, 0.1) is 0 Å². The molecule has 3 N–H and O–H groups in total. The van der Waals surface area contributed by atoms with Crippen molar-refractivity contribution in [2.24, 2.45) is 5.73 Å². The maximum atomic E-state index is 12.5. The zero-order chi connectivity index (χ0) is 18.5. The van der Waals surface area contributed by atoms with Gasteiger partial charge < -0.3 is 20.5 Å². The first-order valence-electron chi connectivity index (χ1n) is 8.65. The molecule has 1 aliphatic rings. The van der Waals surface area contributed by atoms with Crippen LogP contribution < -0.4 is 20.5 Å². The Kier molecular flexibility index (Phi) is 5.75. The average molecular weight is 355 g/mol. The quantitative estimate of drug-likeness (QED) is 0.830. The Morgan fingerprint density at radius 2 is 1.92 bits per heavy atom. The normalized spacial score (nSPS) is 20.0. The summed E-state index contributed by atoms with van der Waals surface area (Å²) >= 11 is 0. The van der Waals surface area contributed by atoms with E-state index in [-0.39, 0.29) is 24.4 Å². The minimum atomic E-state index is -0.0996. The van der Waals surface area contributed by atoms with Crippen molar-refractivity contribution in [1.29, 1.82) is 0 Å². The summed E-state index contributed by atoms with van der Waals surface area (Å²) in [6.45, 7) is 1.76. The van der Waals surface area contributed by atoms with Gasteiger partial charge in [-0.15, -0.1) is 0 Å². The monoisotopic (exact) mass is 355 g/mol. The van der Waals surface area contributed by atoms with E-state index in [1.54, 1.807) is 32.4 Å². The number of likely N-dealkylation sites (tertiary alicyclic amines) is 1. The minimum absolute atomic E-state index is 0.0246. The molecule has 1 fully saturated rings. The van der Waals surface area contributed by atoms with E-state index in [4.69, 9.17) is 15.2 Å². The number of nitrogens with one attached hydrogen (secondary N) is 1. The molecule has 2 atom stereocenters. The number of nitrogens with zero attached hydrogens (tertiary/aromatic N) is 1. The lowest BCUT2D eigenvalue weighted by Crippen LogP contribution is -2.33. The summed E-state index contributed by atoms with van der Waals surface area (Å²) in [7, 11) is 3.16. The third-order valence-electron chi connectivity index (χ3n) is 4.72. The summed E-state index contributed by atoms with van der Waals surface area (Å²) in [5, 5.41) is 2.91. The van der Waals surface area contributed by atoms with Gasteiger partial charge in [-0.05, 0) is 17.7 Å². The van der Waals surface area contributed by atoms with E-state index in [0.717, 1.165) is 6.54 Å². The second-order valence-corrected chi connectivity index (χ2v) is 6.49. The van der Waals surface area contributed by atoms with Crippen molar-refractivity contribution in [3.8, 4) is 11.5 Å². The molecule has 1 heterocycles. The van der Waals surface area contributed by atoms with E-state index in [0.29, 0.717) is 23.7 Å². The van der Waals surface area contributed by atoms with Crippen LogP contribution in [0.25, 0.3) is 0 Å². The lowest BCUT2D eigenvalue weighted by atomic mass is 9.95. The number of methoxy groups -OCH3 is 2. The Labute approximate surface area is 153 Å². The first kappa shape index (κ1) is 18.2. The fraction of sp³-hybridized carbons (Fsp3) is 0.350. The molecular weight excluding hydrogens is 330 g/mol. The number of hydrogen-bond acceptors (Lipinski definition) is 5. The average Bonchev–Trinajstić information content (AvgIpc) is 3.02. The fourth-order valence-electron chi connectivity index (χ4n) is 3.40. The molecule has 138 valence electrons. The summed E-state index contributed by atoms with van der Waals surface area (Å²) in [4.78, 5) is 14.6. The second-order valence-electron chi connectivity index (χ2n) is 6.49. The van der Waals surface area contributed by atoms with Gasteiger partial charge >= 0.3 is 0 Å². The van der Waals surface area contributed by atoms with Gasteiger partial charge in [-0.2, -0.15) is 0 Å². The number of rotatable bonds is 6. The van der Waals surface area contributed by atoms with Crippen LogP contribution >= 0.6 is 0 Å². The Morgan fingerprint density at radius 1 is 1.15 bits per heavy atom. The number of hydrogen-bond donors (Lipinski definition) is 2. The van der Waals surface area contributed by atoms with Crippen LogP contribution in [0.3, 0.4) is 0 Å². The van der Waals surface area contributed by atoms with Crippen molar-refractivity contribution in [3.63, 3.8) is 0 Å². The lowest BCUT2D eigenvalue weighted by Gasteiger charge is -2.17. The van der Waals surface area contributed by atoms with Crippen LogP contribution in [0.2, 0.25) is 0 Å². The number of ether oxygens (including phenoxy) is 2. The number of anilines is 1. The molecule has 6 nitrogen and oxygen atoms in total. The SMILES string of the molecule is COc1ccc(OC)c(NC(=O)CN2C[C@@H](N)[C@H](c3ccccc3)C2)c1. The van der Waals surface area contributed by atoms with Gasteiger partial charge in [-0.1, -0.05) is 30.3 Å². The van der Waals surface area contributed by atoms with Crippen LogP contribution in [0.1, 0.15) is 11.5 Å². The molecule has 2 aromatic rings. The number of carbonyl (C=O) groups is 1. The van der Waals surface area contributed by atoms with Gasteiger partial charge in [-0.3, -0.25) is 9.69 Å². The standard InChI is InChI=1S/C20H25N3O3/c1-25-15-8-9-19(26-2)18(10-15)22-20(24)13-23-11-16(17(21)12-23)14-6-4-3-5-7-14/h3-10,16-17H,11-13,21H2,1-2H3,(H,22,24)/t16-,17+/m0/s1. The molecule has 3 rings (SSSR count). The van der Waals surface area contributed by atoms with E-state index in [1.807, 2.05) is 18.2 Å². The third kappa shape index (κ3) is 4.15. The highest BCUT2D eigenvalue weighted by Gasteiger charge is 2.32. The first-order valence-corrected chi connectivity index (χ1v) is 8.65. The molecule has 0 aromatic heterocycles. The van der Waals surface area contributed by atoms with Gasteiger partial charge in [-0.25, -0.2) is 0 Å². The zero-order valence-electron chi connectivity index (χ0n) is 15.1. The number of benzene rings is 2. The van der Waals surface area contributed by atoms with Crippen molar-refractivity contribution in [3.05, 3.63) is 54.1 Å². The van der Waals surface area contributed by atoms with Crippen LogP contribution in [-0.4, -0.2) is 50.7 Å². The van der Waals surface area contributed by atoms with Gasteiger partial charge in [0.1, 0.15) is 11.5 Å². The summed E-state index contributed by atoms with van der Waals surface area (Å²) in [5.74, 6) is 1.40. The predicted molar refractivity (Wildman–Crippen MR) is 102 cm³/mol.